The molecule has 5 nitrogen and oxygen atoms in total. The smallest absolute Gasteiger partial charge is 0.152 e. The summed E-state index contributed by atoms with van der Waals surface area (Å²) >= 11 is 0. The van der Waals surface area contributed by atoms with Crippen molar-refractivity contribution < 1.29 is 5.11 Å². The zero-order valence-electron chi connectivity index (χ0n) is 14.3. The summed E-state index contributed by atoms with van der Waals surface area (Å²) in [5.74, 6) is 0.768. The molecule has 2 aromatic heterocycles. The van der Waals surface area contributed by atoms with Gasteiger partial charge in [0.05, 0.1) is 6.61 Å². The normalized spacial score (nSPS) is 11.0. The molecule has 0 fully saturated rings. The van der Waals surface area contributed by atoms with E-state index in [1.165, 1.54) is 10.9 Å². The molecule has 0 radical (unpaired) electrons. The third-order valence-corrected chi connectivity index (χ3v) is 4.47. The van der Waals surface area contributed by atoms with Crippen molar-refractivity contribution in [1.29, 1.82) is 0 Å². The van der Waals surface area contributed by atoms with Crippen LogP contribution in [0.5, 0.6) is 0 Å². The Morgan fingerprint density at radius 3 is 2.62 bits per heavy atom. The van der Waals surface area contributed by atoms with Gasteiger partial charge in [-0.25, -0.2) is 4.98 Å². The quantitative estimate of drug-likeness (QED) is 0.498. The number of aliphatic hydroxyl groups excluding tert-OH is 1. The molecule has 5 heteroatoms. The van der Waals surface area contributed by atoms with Crippen molar-refractivity contribution in [1.82, 2.24) is 15.0 Å². The van der Waals surface area contributed by atoms with Crippen LogP contribution >= 0.6 is 0 Å². The van der Waals surface area contributed by atoms with E-state index in [9.17, 15) is 5.11 Å². The lowest BCUT2D eigenvalue weighted by atomic mass is 10.1. The van der Waals surface area contributed by atoms with Gasteiger partial charge < -0.3 is 15.4 Å². The fourth-order valence-electron chi connectivity index (χ4n) is 3.10. The lowest BCUT2D eigenvalue weighted by Crippen LogP contribution is -2.08. The Labute approximate surface area is 151 Å². The Kier molecular flexibility index (Phi) is 4.62. The van der Waals surface area contributed by atoms with E-state index in [1.54, 1.807) is 12.4 Å². The minimum Gasteiger partial charge on any atom is -0.392 e. The number of anilines is 1. The number of H-pyrrole nitrogens is 1. The van der Waals surface area contributed by atoms with Crippen LogP contribution in [0.4, 0.5) is 5.82 Å². The molecule has 4 aromatic rings. The predicted octanol–water partition coefficient (Wildman–Crippen LogP) is 3.77. The predicted molar refractivity (Wildman–Crippen MR) is 104 cm³/mol. The van der Waals surface area contributed by atoms with Gasteiger partial charge in [0.15, 0.2) is 5.82 Å². The van der Waals surface area contributed by atoms with Crippen LogP contribution in [0.3, 0.4) is 0 Å². The van der Waals surface area contributed by atoms with E-state index in [4.69, 9.17) is 0 Å². The van der Waals surface area contributed by atoms with E-state index in [-0.39, 0.29) is 6.61 Å². The molecule has 0 atom stereocenters. The molecule has 0 aliphatic heterocycles. The number of nitrogens with zero attached hydrogens (tertiary/aromatic N) is 2. The van der Waals surface area contributed by atoms with Gasteiger partial charge in [0.1, 0.15) is 5.69 Å². The van der Waals surface area contributed by atoms with Crippen molar-refractivity contribution in [2.24, 2.45) is 0 Å². The summed E-state index contributed by atoms with van der Waals surface area (Å²) in [5.41, 5.74) is 5.12. The zero-order chi connectivity index (χ0) is 17.8. The van der Waals surface area contributed by atoms with Crippen molar-refractivity contribution >= 4 is 16.7 Å². The summed E-state index contributed by atoms with van der Waals surface area (Å²) in [6, 6.07) is 16.0. The first-order valence-corrected chi connectivity index (χ1v) is 8.65. The number of hydrogen-bond donors (Lipinski definition) is 3. The number of aromatic nitrogens is 3. The van der Waals surface area contributed by atoms with Crippen molar-refractivity contribution in [3.05, 3.63) is 78.2 Å². The van der Waals surface area contributed by atoms with Crippen molar-refractivity contribution in [2.75, 3.05) is 11.9 Å². The lowest BCUT2D eigenvalue weighted by Gasteiger charge is -2.10. The highest BCUT2D eigenvalue weighted by Gasteiger charge is 2.08. The SMILES string of the molecule is OCc1ccc(-c2nccnc2NCCc2c[nH]c3ccccc23)cc1. The van der Waals surface area contributed by atoms with Crippen LogP contribution in [0, 0.1) is 0 Å². The van der Waals surface area contributed by atoms with Gasteiger partial charge in [-0.15, -0.1) is 0 Å². The molecule has 0 saturated carbocycles. The molecular weight excluding hydrogens is 324 g/mol. The van der Waals surface area contributed by atoms with Crippen LogP contribution in [0.2, 0.25) is 0 Å². The second kappa shape index (κ2) is 7.37. The summed E-state index contributed by atoms with van der Waals surface area (Å²) < 4.78 is 0. The molecule has 0 aliphatic rings. The largest absolute Gasteiger partial charge is 0.392 e. The molecule has 26 heavy (non-hydrogen) atoms. The fraction of sp³-hybridized carbons (Fsp3) is 0.143. The van der Waals surface area contributed by atoms with Gasteiger partial charge in [-0.1, -0.05) is 42.5 Å². The van der Waals surface area contributed by atoms with E-state index in [0.717, 1.165) is 41.1 Å². The highest BCUT2D eigenvalue weighted by atomic mass is 16.3. The van der Waals surface area contributed by atoms with Crippen molar-refractivity contribution in [2.45, 2.75) is 13.0 Å². The minimum atomic E-state index is 0.0382. The molecule has 0 spiro atoms. The van der Waals surface area contributed by atoms with Crippen molar-refractivity contribution in [3.63, 3.8) is 0 Å². The highest BCUT2D eigenvalue weighted by Crippen LogP contribution is 2.24. The van der Waals surface area contributed by atoms with Gasteiger partial charge in [0, 0.05) is 41.6 Å². The van der Waals surface area contributed by atoms with Crippen LogP contribution in [0.15, 0.2) is 67.1 Å². The number of aliphatic hydroxyl groups is 1. The number of nitrogens with one attached hydrogen (secondary N) is 2. The summed E-state index contributed by atoms with van der Waals surface area (Å²) in [5, 5.41) is 13.9. The summed E-state index contributed by atoms with van der Waals surface area (Å²) in [6.45, 7) is 0.804. The van der Waals surface area contributed by atoms with Gasteiger partial charge in [-0.2, -0.15) is 0 Å². The number of para-hydroxylation sites is 1. The molecule has 0 unspecified atom stereocenters. The third-order valence-electron chi connectivity index (χ3n) is 4.47. The Bertz CT molecular complexity index is 1010. The maximum absolute atomic E-state index is 9.19. The summed E-state index contributed by atoms with van der Waals surface area (Å²) in [4.78, 5) is 12.2. The summed E-state index contributed by atoms with van der Waals surface area (Å²) in [6.07, 6.45) is 6.35. The van der Waals surface area contributed by atoms with E-state index in [2.05, 4.69) is 44.7 Å². The molecule has 3 N–H and O–H groups in total. The Morgan fingerprint density at radius 2 is 1.77 bits per heavy atom. The molecule has 2 heterocycles. The lowest BCUT2D eigenvalue weighted by molar-refractivity contribution is 0.282. The standard InChI is InChI=1S/C21H20N4O/c26-14-15-5-7-16(8-6-15)20-21(24-12-11-22-20)23-10-9-17-13-25-19-4-2-1-3-18(17)19/h1-8,11-13,25-26H,9-10,14H2,(H,23,24). The number of rotatable bonds is 6. The minimum absolute atomic E-state index is 0.0382. The Morgan fingerprint density at radius 1 is 0.962 bits per heavy atom. The first kappa shape index (κ1) is 16.3. The molecule has 0 aliphatic carbocycles. The molecule has 0 bridgehead atoms. The van der Waals surface area contributed by atoms with Crippen LogP contribution in [-0.4, -0.2) is 26.6 Å². The molecular formula is C21H20N4O. The molecule has 4 rings (SSSR count). The Hall–Kier alpha value is -3.18. The highest BCUT2D eigenvalue weighted by molar-refractivity contribution is 5.83. The van der Waals surface area contributed by atoms with Crippen LogP contribution < -0.4 is 5.32 Å². The maximum atomic E-state index is 9.19. The molecule has 0 saturated heterocycles. The number of aromatic amines is 1. The molecule has 130 valence electrons. The fourth-order valence-corrected chi connectivity index (χ4v) is 3.10. The second-order valence-corrected chi connectivity index (χ2v) is 6.14. The van der Waals surface area contributed by atoms with Crippen LogP contribution in [0.25, 0.3) is 22.2 Å². The van der Waals surface area contributed by atoms with Gasteiger partial charge in [-0.3, -0.25) is 4.98 Å². The monoisotopic (exact) mass is 344 g/mol. The Balaban J connectivity index is 1.50. The zero-order valence-corrected chi connectivity index (χ0v) is 14.3. The number of benzene rings is 2. The summed E-state index contributed by atoms with van der Waals surface area (Å²) in [7, 11) is 0. The van der Waals surface area contributed by atoms with Gasteiger partial charge >= 0.3 is 0 Å². The molecule has 0 amide bonds. The van der Waals surface area contributed by atoms with Crippen molar-refractivity contribution in [3.8, 4) is 11.3 Å². The van der Waals surface area contributed by atoms with Crippen LogP contribution in [-0.2, 0) is 13.0 Å². The van der Waals surface area contributed by atoms with E-state index >= 15 is 0 Å². The first-order valence-electron chi connectivity index (χ1n) is 8.65. The average Bonchev–Trinajstić information content (AvgIpc) is 3.12. The molecule has 2 aromatic carbocycles. The maximum Gasteiger partial charge on any atom is 0.152 e. The van der Waals surface area contributed by atoms with Gasteiger partial charge in [0.25, 0.3) is 0 Å². The van der Waals surface area contributed by atoms with Gasteiger partial charge in [0.2, 0.25) is 0 Å². The number of hydrogen-bond acceptors (Lipinski definition) is 4. The van der Waals surface area contributed by atoms with E-state index in [1.807, 2.05) is 30.3 Å². The van der Waals surface area contributed by atoms with Crippen LogP contribution in [0.1, 0.15) is 11.1 Å². The van der Waals surface area contributed by atoms with E-state index < -0.39 is 0 Å². The average molecular weight is 344 g/mol. The first-order chi connectivity index (χ1) is 12.8. The van der Waals surface area contributed by atoms with Gasteiger partial charge in [-0.05, 0) is 23.6 Å². The second-order valence-electron chi connectivity index (χ2n) is 6.14. The topological polar surface area (TPSA) is 73.8 Å². The number of fused-ring (bicyclic) bond motifs is 1. The third kappa shape index (κ3) is 3.30. The van der Waals surface area contributed by atoms with E-state index in [0.29, 0.717) is 0 Å².